The smallest absolute Gasteiger partial charge is 0.451 e. The molecule has 0 saturated carbocycles. The first-order chi connectivity index (χ1) is 10.5. The first-order valence-electron chi connectivity index (χ1n) is 6.53. The third kappa shape index (κ3) is 4.92. The number of alkyl halides is 3. The lowest BCUT2D eigenvalue weighted by atomic mass is 10.2. The third-order valence-electron chi connectivity index (χ3n) is 2.66. The number of ether oxygens (including phenoxy) is 1. The van der Waals surface area contributed by atoms with Crippen LogP contribution in [0.3, 0.4) is 0 Å². The van der Waals surface area contributed by atoms with Gasteiger partial charge in [0.15, 0.2) is 0 Å². The lowest BCUT2D eigenvalue weighted by Crippen LogP contribution is -2.07. The van der Waals surface area contributed by atoms with Gasteiger partial charge in [-0.1, -0.05) is 23.9 Å². The maximum Gasteiger partial charge on any atom is 0.451 e. The molecule has 0 unspecified atom stereocenters. The molecule has 0 aliphatic carbocycles. The van der Waals surface area contributed by atoms with Crippen LogP contribution in [-0.4, -0.2) is 27.5 Å². The maximum absolute atomic E-state index is 12.3. The number of benzene rings is 1. The van der Waals surface area contributed by atoms with E-state index >= 15 is 0 Å². The van der Waals surface area contributed by atoms with Crippen molar-refractivity contribution >= 4 is 11.8 Å². The molecule has 0 atom stereocenters. The van der Waals surface area contributed by atoms with Crippen LogP contribution in [0, 0.1) is 0 Å². The Bertz CT molecular complexity index is 603. The molecule has 3 N–H and O–H groups in total. The van der Waals surface area contributed by atoms with Gasteiger partial charge in [0.1, 0.15) is 5.75 Å². The molecule has 5 nitrogen and oxygen atoms in total. The molecule has 2 aromatic rings. The van der Waals surface area contributed by atoms with Crippen LogP contribution in [0.25, 0.3) is 0 Å². The van der Waals surface area contributed by atoms with Crippen molar-refractivity contribution in [1.29, 1.82) is 0 Å². The van der Waals surface area contributed by atoms with Crippen molar-refractivity contribution in [3.8, 4) is 5.75 Å². The molecule has 120 valence electrons. The summed E-state index contributed by atoms with van der Waals surface area (Å²) in [7, 11) is 0. The molecular weight excluding hydrogens is 317 g/mol. The van der Waals surface area contributed by atoms with Crippen LogP contribution in [-0.2, 0) is 12.7 Å². The van der Waals surface area contributed by atoms with E-state index in [1.54, 1.807) is 0 Å². The zero-order valence-electron chi connectivity index (χ0n) is 11.6. The van der Waals surface area contributed by atoms with E-state index in [1.807, 2.05) is 29.4 Å². The summed E-state index contributed by atoms with van der Waals surface area (Å²) in [6.07, 6.45) is -3.84. The molecule has 2 rings (SSSR count). The Morgan fingerprint density at radius 1 is 1.32 bits per heavy atom. The van der Waals surface area contributed by atoms with Gasteiger partial charge in [-0.25, -0.2) is 0 Å². The van der Waals surface area contributed by atoms with Crippen molar-refractivity contribution in [2.75, 3.05) is 12.4 Å². The zero-order valence-corrected chi connectivity index (χ0v) is 12.4. The number of nitrogens with two attached hydrogens (primary N) is 1. The molecule has 1 aromatic heterocycles. The summed E-state index contributed by atoms with van der Waals surface area (Å²) in [5.74, 6) is 0.209. The summed E-state index contributed by atoms with van der Waals surface area (Å²) < 4.78 is 42.5. The highest BCUT2D eigenvalue weighted by Gasteiger charge is 2.35. The average molecular weight is 332 g/mol. The lowest BCUT2D eigenvalue weighted by Gasteiger charge is -2.06. The van der Waals surface area contributed by atoms with Crippen molar-refractivity contribution in [2.24, 2.45) is 5.73 Å². The summed E-state index contributed by atoms with van der Waals surface area (Å²) in [5.41, 5.74) is 6.52. The number of rotatable bonds is 7. The van der Waals surface area contributed by atoms with Gasteiger partial charge in [-0.15, -0.1) is 5.10 Å². The van der Waals surface area contributed by atoms with Crippen LogP contribution in [0.2, 0.25) is 0 Å². The van der Waals surface area contributed by atoms with Gasteiger partial charge < -0.3 is 10.5 Å². The Labute approximate surface area is 129 Å². The quantitative estimate of drug-likeness (QED) is 0.602. The van der Waals surface area contributed by atoms with E-state index in [1.165, 1.54) is 0 Å². The minimum absolute atomic E-state index is 0.0810. The average Bonchev–Trinajstić information content (AvgIpc) is 2.96. The molecule has 0 saturated heterocycles. The van der Waals surface area contributed by atoms with Gasteiger partial charge in [-0.2, -0.15) is 18.2 Å². The number of hydrogen-bond donors (Lipinski definition) is 2. The molecule has 22 heavy (non-hydrogen) atoms. The van der Waals surface area contributed by atoms with Crippen LogP contribution in [0.1, 0.15) is 17.8 Å². The molecule has 0 aliphatic heterocycles. The number of aromatic amines is 1. The molecule has 0 aliphatic rings. The Balaban J connectivity index is 1.70. The fourth-order valence-electron chi connectivity index (χ4n) is 1.61. The second-order valence-corrected chi connectivity index (χ2v) is 5.43. The SMILES string of the molecule is NCc1cccc(OCCCSc2n[nH]c(C(F)(F)F)n2)c1. The maximum atomic E-state index is 12.3. The normalized spacial score (nSPS) is 11.6. The second-order valence-electron chi connectivity index (χ2n) is 4.37. The van der Waals surface area contributed by atoms with Gasteiger partial charge in [0, 0.05) is 12.3 Å². The Kier molecular flexibility index (Phi) is 5.67. The van der Waals surface area contributed by atoms with E-state index in [4.69, 9.17) is 10.5 Å². The van der Waals surface area contributed by atoms with Crippen molar-refractivity contribution in [1.82, 2.24) is 15.2 Å². The van der Waals surface area contributed by atoms with Gasteiger partial charge in [0.25, 0.3) is 0 Å². The fourth-order valence-corrected chi connectivity index (χ4v) is 2.32. The van der Waals surface area contributed by atoms with Gasteiger partial charge in [0.05, 0.1) is 6.61 Å². The number of halogens is 3. The number of hydrogen-bond acceptors (Lipinski definition) is 5. The van der Waals surface area contributed by atoms with Crippen molar-refractivity contribution in [3.63, 3.8) is 0 Å². The van der Waals surface area contributed by atoms with Crippen molar-refractivity contribution in [3.05, 3.63) is 35.7 Å². The van der Waals surface area contributed by atoms with E-state index in [2.05, 4.69) is 10.1 Å². The largest absolute Gasteiger partial charge is 0.494 e. The Morgan fingerprint density at radius 2 is 2.14 bits per heavy atom. The Hall–Kier alpha value is -1.74. The van der Waals surface area contributed by atoms with E-state index < -0.39 is 12.0 Å². The summed E-state index contributed by atoms with van der Waals surface area (Å²) >= 11 is 1.15. The van der Waals surface area contributed by atoms with Gasteiger partial charge in [-0.3, -0.25) is 5.10 Å². The minimum atomic E-state index is -4.50. The molecule has 1 aromatic carbocycles. The van der Waals surface area contributed by atoms with Gasteiger partial charge >= 0.3 is 6.18 Å². The molecule has 0 amide bonds. The lowest BCUT2D eigenvalue weighted by molar-refractivity contribution is -0.144. The molecule has 0 radical (unpaired) electrons. The van der Waals surface area contributed by atoms with Crippen LogP contribution in [0.4, 0.5) is 13.2 Å². The van der Waals surface area contributed by atoms with Crippen molar-refractivity contribution < 1.29 is 17.9 Å². The van der Waals surface area contributed by atoms with Crippen LogP contribution >= 0.6 is 11.8 Å². The van der Waals surface area contributed by atoms with Crippen molar-refractivity contribution in [2.45, 2.75) is 24.3 Å². The second kappa shape index (κ2) is 7.50. The summed E-state index contributed by atoms with van der Waals surface area (Å²) in [6, 6.07) is 7.46. The molecule has 0 spiro atoms. The monoisotopic (exact) mass is 332 g/mol. The first-order valence-corrected chi connectivity index (χ1v) is 7.52. The van der Waals surface area contributed by atoms with Gasteiger partial charge in [0.2, 0.25) is 11.0 Å². The number of aromatic nitrogens is 3. The standard InChI is InChI=1S/C13H15F3N4OS/c14-13(15,16)11-18-12(20-19-11)22-6-2-5-21-10-4-1-3-9(7-10)8-17/h1,3-4,7H,2,5-6,8,17H2,(H,18,19,20). The molecule has 9 heteroatoms. The predicted octanol–water partition coefficient (Wildman–Crippen LogP) is 2.84. The van der Waals surface area contributed by atoms with E-state index in [9.17, 15) is 13.2 Å². The van der Waals surface area contributed by atoms with Gasteiger partial charge in [-0.05, 0) is 24.1 Å². The minimum Gasteiger partial charge on any atom is -0.494 e. The fraction of sp³-hybridized carbons (Fsp3) is 0.385. The Morgan fingerprint density at radius 3 is 2.82 bits per heavy atom. The highest BCUT2D eigenvalue weighted by atomic mass is 32.2. The van der Waals surface area contributed by atoms with Crippen LogP contribution < -0.4 is 10.5 Å². The molecule has 0 fully saturated rings. The van der Waals surface area contributed by atoms with E-state index in [-0.39, 0.29) is 5.16 Å². The number of nitrogens with zero attached hydrogens (tertiary/aromatic N) is 2. The summed E-state index contributed by atoms with van der Waals surface area (Å²) in [6.45, 7) is 0.900. The number of thioether (sulfide) groups is 1. The predicted molar refractivity (Wildman–Crippen MR) is 76.6 cm³/mol. The van der Waals surface area contributed by atoms with E-state index in [0.717, 1.165) is 23.1 Å². The highest BCUT2D eigenvalue weighted by molar-refractivity contribution is 7.99. The number of H-pyrrole nitrogens is 1. The van der Waals surface area contributed by atoms with Crippen LogP contribution in [0.15, 0.2) is 29.4 Å². The molecular formula is C13H15F3N4OS. The third-order valence-corrected chi connectivity index (χ3v) is 3.59. The molecule has 1 heterocycles. The van der Waals surface area contributed by atoms with Crippen LogP contribution in [0.5, 0.6) is 5.75 Å². The zero-order chi connectivity index (χ0) is 16.0. The van der Waals surface area contributed by atoms with E-state index in [0.29, 0.717) is 25.3 Å². The summed E-state index contributed by atoms with van der Waals surface area (Å²) in [5, 5.41) is 5.47. The summed E-state index contributed by atoms with van der Waals surface area (Å²) in [4.78, 5) is 3.38. The topological polar surface area (TPSA) is 76.8 Å². The molecule has 0 bridgehead atoms. The first kappa shape index (κ1) is 16.6. The number of nitrogens with one attached hydrogen (secondary N) is 1. The highest BCUT2D eigenvalue weighted by Crippen LogP contribution is 2.27.